The van der Waals surface area contributed by atoms with E-state index in [0.717, 1.165) is 0 Å². The number of rotatable bonds is 5. The van der Waals surface area contributed by atoms with Crippen molar-refractivity contribution in [1.82, 2.24) is 0 Å². The van der Waals surface area contributed by atoms with Gasteiger partial charge in [-0.1, -0.05) is 11.6 Å². The maximum atomic E-state index is 12.1. The van der Waals surface area contributed by atoms with E-state index >= 15 is 0 Å². The van der Waals surface area contributed by atoms with Crippen molar-refractivity contribution in [2.24, 2.45) is 5.73 Å². The molecule has 2 amide bonds. The Labute approximate surface area is 135 Å². The van der Waals surface area contributed by atoms with Gasteiger partial charge in [-0.05, 0) is 42.5 Å². The summed E-state index contributed by atoms with van der Waals surface area (Å²) in [5, 5.41) is 2.72. The Morgan fingerprint density at radius 1 is 1.13 bits per heavy atom. The average molecular weight is 341 g/mol. The molecular formula is C15H11ClF2N2O3. The summed E-state index contributed by atoms with van der Waals surface area (Å²) in [5.74, 6) is -1.27. The van der Waals surface area contributed by atoms with Crippen molar-refractivity contribution < 1.29 is 23.1 Å². The van der Waals surface area contributed by atoms with Crippen molar-refractivity contribution in [1.29, 1.82) is 0 Å². The number of alkyl halides is 2. The molecule has 5 nitrogen and oxygen atoms in total. The molecule has 0 aliphatic carbocycles. The lowest BCUT2D eigenvalue weighted by Gasteiger charge is -2.08. The van der Waals surface area contributed by atoms with Crippen LogP contribution in [0.3, 0.4) is 0 Å². The van der Waals surface area contributed by atoms with Crippen LogP contribution in [0.5, 0.6) is 5.75 Å². The van der Waals surface area contributed by atoms with Crippen molar-refractivity contribution in [3.63, 3.8) is 0 Å². The normalized spacial score (nSPS) is 10.4. The lowest BCUT2D eigenvalue weighted by molar-refractivity contribution is -0.0498. The summed E-state index contributed by atoms with van der Waals surface area (Å²) in [6, 6.07) is 9.43. The zero-order valence-corrected chi connectivity index (χ0v) is 12.3. The summed E-state index contributed by atoms with van der Waals surface area (Å²) in [6.07, 6.45) is 0. The second-order valence-electron chi connectivity index (χ2n) is 4.42. The Morgan fingerprint density at radius 2 is 1.78 bits per heavy atom. The van der Waals surface area contributed by atoms with Crippen LogP contribution in [-0.2, 0) is 0 Å². The number of primary amides is 1. The number of anilines is 1. The minimum atomic E-state index is -2.93. The first kappa shape index (κ1) is 16.7. The molecule has 23 heavy (non-hydrogen) atoms. The van der Waals surface area contributed by atoms with Crippen LogP contribution in [-0.4, -0.2) is 18.4 Å². The summed E-state index contributed by atoms with van der Waals surface area (Å²) >= 11 is 5.81. The highest BCUT2D eigenvalue weighted by atomic mass is 35.5. The molecule has 120 valence electrons. The molecule has 0 saturated carbocycles. The number of nitrogens with one attached hydrogen (secondary N) is 1. The fourth-order valence-electron chi connectivity index (χ4n) is 1.78. The van der Waals surface area contributed by atoms with Crippen LogP contribution >= 0.6 is 11.6 Å². The monoisotopic (exact) mass is 340 g/mol. The molecule has 0 bridgehead atoms. The molecule has 2 aromatic carbocycles. The Balaban J connectivity index is 2.13. The third kappa shape index (κ3) is 4.40. The second kappa shape index (κ2) is 7.06. The van der Waals surface area contributed by atoms with Gasteiger partial charge in [-0.15, -0.1) is 0 Å². The van der Waals surface area contributed by atoms with Crippen molar-refractivity contribution >= 4 is 29.1 Å². The molecule has 0 aromatic heterocycles. The highest BCUT2D eigenvalue weighted by molar-refractivity contribution is 6.34. The predicted octanol–water partition coefficient (Wildman–Crippen LogP) is 3.29. The Bertz CT molecular complexity index is 736. The summed E-state index contributed by atoms with van der Waals surface area (Å²) in [6.45, 7) is -2.93. The highest BCUT2D eigenvalue weighted by Crippen LogP contribution is 2.21. The number of ether oxygens (including phenoxy) is 1. The standard InChI is InChI=1S/C15H11ClF2N2O3/c16-12-6-3-9(7-11(12)13(19)21)20-14(22)8-1-4-10(5-2-8)23-15(17)18/h1-7,15H,(H2,19,21)(H,20,22). The molecule has 2 aromatic rings. The third-order valence-corrected chi connectivity index (χ3v) is 3.16. The fraction of sp³-hybridized carbons (Fsp3) is 0.0667. The summed E-state index contributed by atoms with van der Waals surface area (Å²) < 4.78 is 28.3. The minimum absolute atomic E-state index is 0.0564. The van der Waals surface area contributed by atoms with Gasteiger partial charge in [-0.25, -0.2) is 0 Å². The molecule has 2 rings (SSSR count). The van der Waals surface area contributed by atoms with Crippen molar-refractivity contribution in [3.05, 3.63) is 58.6 Å². The number of halogens is 3. The van der Waals surface area contributed by atoms with Crippen LogP contribution in [0.25, 0.3) is 0 Å². The summed E-state index contributed by atoms with van der Waals surface area (Å²) in [4.78, 5) is 23.3. The molecule has 0 unspecified atom stereocenters. The van der Waals surface area contributed by atoms with E-state index in [1.165, 1.54) is 42.5 Å². The molecule has 0 radical (unpaired) electrons. The number of carbonyl (C=O) groups is 2. The van der Waals surface area contributed by atoms with Gasteiger partial charge in [-0.3, -0.25) is 9.59 Å². The van der Waals surface area contributed by atoms with Gasteiger partial charge in [0, 0.05) is 11.3 Å². The van der Waals surface area contributed by atoms with Gasteiger partial charge < -0.3 is 15.8 Å². The van der Waals surface area contributed by atoms with E-state index < -0.39 is 18.4 Å². The third-order valence-electron chi connectivity index (χ3n) is 2.83. The number of nitrogens with two attached hydrogens (primary N) is 1. The Hall–Kier alpha value is -2.67. The van der Waals surface area contributed by atoms with E-state index in [9.17, 15) is 18.4 Å². The van der Waals surface area contributed by atoms with Crippen LogP contribution < -0.4 is 15.8 Å². The minimum Gasteiger partial charge on any atom is -0.435 e. The van der Waals surface area contributed by atoms with E-state index in [1.54, 1.807) is 0 Å². The molecule has 0 fully saturated rings. The molecule has 0 heterocycles. The number of hydrogen-bond donors (Lipinski definition) is 2. The van der Waals surface area contributed by atoms with E-state index in [2.05, 4.69) is 10.1 Å². The number of hydrogen-bond acceptors (Lipinski definition) is 3. The van der Waals surface area contributed by atoms with Crippen LogP contribution in [0.15, 0.2) is 42.5 Å². The maximum absolute atomic E-state index is 12.1. The first-order valence-corrected chi connectivity index (χ1v) is 6.70. The number of carbonyl (C=O) groups excluding carboxylic acids is 2. The maximum Gasteiger partial charge on any atom is 0.387 e. The predicted molar refractivity (Wildman–Crippen MR) is 81.0 cm³/mol. The number of amides is 2. The fourth-order valence-corrected chi connectivity index (χ4v) is 1.99. The summed E-state index contributed by atoms with van der Waals surface area (Å²) in [5.41, 5.74) is 5.79. The molecular weight excluding hydrogens is 330 g/mol. The first-order valence-electron chi connectivity index (χ1n) is 6.32. The van der Waals surface area contributed by atoms with Crippen LogP contribution in [0, 0.1) is 0 Å². The van der Waals surface area contributed by atoms with Gasteiger partial charge in [0.2, 0.25) is 5.91 Å². The van der Waals surface area contributed by atoms with Gasteiger partial charge in [0.1, 0.15) is 5.75 Å². The zero-order chi connectivity index (χ0) is 17.0. The Morgan fingerprint density at radius 3 is 2.35 bits per heavy atom. The number of benzene rings is 2. The van der Waals surface area contributed by atoms with Crippen LogP contribution in [0.1, 0.15) is 20.7 Å². The Kier molecular flexibility index (Phi) is 5.13. The lowest BCUT2D eigenvalue weighted by Crippen LogP contribution is -2.15. The van der Waals surface area contributed by atoms with E-state index in [0.29, 0.717) is 5.69 Å². The smallest absolute Gasteiger partial charge is 0.387 e. The lowest BCUT2D eigenvalue weighted by atomic mass is 10.1. The van der Waals surface area contributed by atoms with Gasteiger partial charge in [0.05, 0.1) is 10.6 Å². The van der Waals surface area contributed by atoms with E-state index in [1.807, 2.05) is 0 Å². The van der Waals surface area contributed by atoms with Gasteiger partial charge >= 0.3 is 6.61 Å². The highest BCUT2D eigenvalue weighted by Gasteiger charge is 2.11. The van der Waals surface area contributed by atoms with E-state index in [-0.39, 0.29) is 21.9 Å². The van der Waals surface area contributed by atoms with Crippen molar-refractivity contribution in [2.45, 2.75) is 6.61 Å². The molecule has 8 heteroatoms. The molecule has 0 aliphatic heterocycles. The van der Waals surface area contributed by atoms with Crippen molar-refractivity contribution in [2.75, 3.05) is 5.32 Å². The largest absolute Gasteiger partial charge is 0.435 e. The average Bonchev–Trinajstić information content (AvgIpc) is 2.49. The molecule has 0 atom stereocenters. The molecule has 3 N–H and O–H groups in total. The second-order valence-corrected chi connectivity index (χ2v) is 4.82. The SMILES string of the molecule is NC(=O)c1cc(NC(=O)c2ccc(OC(F)F)cc2)ccc1Cl. The first-order chi connectivity index (χ1) is 10.9. The quantitative estimate of drug-likeness (QED) is 0.876. The molecule has 0 aliphatic rings. The zero-order valence-electron chi connectivity index (χ0n) is 11.6. The van der Waals surface area contributed by atoms with Gasteiger partial charge in [-0.2, -0.15) is 8.78 Å². The molecule has 0 saturated heterocycles. The van der Waals surface area contributed by atoms with Crippen LogP contribution in [0.2, 0.25) is 5.02 Å². The van der Waals surface area contributed by atoms with E-state index in [4.69, 9.17) is 17.3 Å². The van der Waals surface area contributed by atoms with Crippen molar-refractivity contribution in [3.8, 4) is 5.75 Å². The molecule has 0 spiro atoms. The summed E-state index contributed by atoms with van der Waals surface area (Å²) in [7, 11) is 0. The topological polar surface area (TPSA) is 81.4 Å². The van der Waals surface area contributed by atoms with Crippen LogP contribution in [0.4, 0.5) is 14.5 Å². The van der Waals surface area contributed by atoms with Gasteiger partial charge in [0.15, 0.2) is 0 Å². The van der Waals surface area contributed by atoms with Gasteiger partial charge in [0.25, 0.3) is 5.91 Å².